The van der Waals surface area contributed by atoms with Crippen molar-refractivity contribution in [3.63, 3.8) is 0 Å². The van der Waals surface area contributed by atoms with Crippen LogP contribution in [-0.4, -0.2) is 57.2 Å². The summed E-state index contributed by atoms with van der Waals surface area (Å²) in [5, 5.41) is 14.1. The number of urea groups is 1. The molecular weight excluding hydrogens is 404 g/mol. The van der Waals surface area contributed by atoms with Gasteiger partial charge in [-0.3, -0.25) is 4.79 Å². The molecule has 3 amide bonds. The van der Waals surface area contributed by atoms with Crippen molar-refractivity contribution in [2.75, 3.05) is 25.9 Å². The van der Waals surface area contributed by atoms with Gasteiger partial charge in [0.1, 0.15) is 12.6 Å². The topological polar surface area (TPSA) is 119 Å². The maximum atomic E-state index is 12.8. The molecule has 8 nitrogen and oxygen atoms in total. The van der Waals surface area contributed by atoms with Crippen molar-refractivity contribution in [1.29, 1.82) is 5.26 Å². The molecule has 0 radical (unpaired) electrons. The number of carbonyl (C=O) groups excluding carboxylic acids is 2. The molecule has 1 saturated heterocycles. The normalized spacial score (nSPS) is 20.1. The van der Waals surface area contributed by atoms with Gasteiger partial charge in [-0.1, -0.05) is 25.0 Å². The van der Waals surface area contributed by atoms with Gasteiger partial charge in [0.2, 0.25) is 5.91 Å². The third-order valence-electron chi connectivity index (χ3n) is 5.71. The van der Waals surface area contributed by atoms with E-state index in [1.165, 1.54) is 6.26 Å². The van der Waals surface area contributed by atoms with E-state index in [-0.39, 0.29) is 29.3 Å². The van der Waals surface area contributed by atoms with Gasteiger partial charge < -0.3 is 15.5 Å². The van der Waals surface area contributed by atoms with Crippen LogP contribution < -0.4 is 10.6 Å². The predicted octanol–water partition coefficient (Wildman–Crippen LogP) is 1.79. The summed E-state index contributed by atoms with van der Waals surface area (Å²) in [6.45, 7) is 1.05. The van der Waals surface area contributed by atoms with Crippen LogP contribution in [0.1, 0.15) is 43.6 Å². The molecule has 1 heterocycles. The van der Waals surface area contributed by atoms with E-state index < -0.39 is 15.9 Å². The number of nitrogens with zero attached hydrogens (tertiary/aromatic N) is 2. The molecule has 0 spiro atoms. The smallest absolute Gasteiger partial charge is 0.318 e. The van der Waals surface area contributed by atoms with Crippen LogP contribution in [0.25, 0.3) is 0 Å². The Labute approximate surface area is 177 Å². The third-order valence-corrected chi connectivity index (χ3v) is 6.84. The molecule has 2 aliphatic rings. The van der Waals surface area contributed by atoms with Gasteiger partial charge in [0, 0.05) is 25.3 Å². The molecule has 2 atom stereocenters. The highest BCUT2D eigenvalue weighted by Gasteiger charge is 2.32. The molecule has 1 aromatic rings. The zero-order chi connectivity index (χ0) is 21.7. The summed E-state index contributed by atoms with van der Waals surface area (Å²) in [5.74, 6) is 0.250. The van der Waals surface area contributed by atoms with Crippen molar-refractivity contribution in [1.82, 2.24) is 15.5 Å². The zero-order valence-electron chi connectivity index (χ0n) is 17.1. The second kappa shape index (κ2) is 9.47. The molecule has 0 bridgehead atoms. The Morgan fingerprint density at radius 3 is 2.53 bits per heavy atom. The Morgan fingerprint density at radius 2 is 1.93 bits per heavy atom. The molecule has 2 N–H and O–H groups in total. The summed E-state index contributed by atoms with van der Waals surface area (Å²) >= 11 is 0. The highest BCUT2D eigenvalue weighted by atomic mass is 32.2. The summed E-state index contributed by atoms with van der Waals surface area (Å²) in [4.78, 5) is 27.2. The number of hydrogen-bond acceptors (Lipinski definition) is 5. The average Bonchev–Trinajstić information content (AvgIpc) is 3.55. The minimum atomic E-state index is -3.24. The third kappa shape index (κ3) is 5.95. The lowest BCUT2D eigenvalue weighted by molar-refractivity contribution is -0.123. The molecular formula is C21H28N4O4S. The number of likely N-dealkylation sites (tertiary alicyclic amines) is 1. The number of rotatable bonds is 7. The van der Waals surface area contributed by atoms with Crippen LogP contribution >= 0.6 is 0 Å². The van der Waals surface area contributed by atoms with E-state index in [1.54, 1.807) is 17.0 Å². The van der Waals surface area contributed by atoms with E-state index in [1.807, 2.05) is 18.2 Å². The molecule has 0 aromatic heterocycles. The fourth-order valence-corrected chi connectivity index (χ4v) is 4.46. The molecule has 2 unspecified atom stereocenters. The van der Waals surface area contributed by atoms with Crippen molar-refractivity contribution < 1.29 is 18.0 Å². The second-order valence-corrected chi connectivity index (χ2v) is 10.2. The van der Waals surface area contributed by atoms with Crippen molar-refractivity contribution >= 4 is 21.8 Å². The maximum absolute atomic E-state index is 12.8. The minimum Gasteiger partial charge on any atom is -0.341 e. The molecule has 162 valence electrons. The summed E-state index contributed by atoms with van der Waals surface area (Å²) in [6, 6.07) is 7.82. The van der Waals surface area contributed by atoms with Crippen molar-refractivity contribution in [2.24, 2.45) is 5.92 Å². The number of hydrogen-bond donors (Lipinski definition) is 2. The molecule has 1 saturated carbocycles. The van der Waals surface area contributed by atoms with Crippen LogP contribution in [0.2, 0.25) is 0 Å². The number of amides is 3. The van der Waals surface area contributed by atoms with E-state index in [0.717, 1.165) is 31.2 Å². The molecule has 9 heteroatoms. The van der Waals surface area contributed by atoms with E-state index in [9.17, 15) is 18.0 Å². The quantitative estimate of drug-likeness (QED) is 0.637. The summed E-state index contributed by atoms with van der Waals surface area (Å²) in [6.07, 6.45) is 5.64. The highest BCUT2D eigenvalue weighted by molar-refractivity contribution is 7.90. The van der Waals surface area contributed by atoms with Crippen LogP contribution in [0.15, 0.2) is 29.2 Å². The molecule has 1 aliphatic heterocycles. The second-order valence-electron chi connectivity index (χ2n) is 8.18. The summed E-state index contributed by atoms with van der Waals surface area (Å²) in [7, 11) is -3.24. The molecule has 1 aromatic carbocycles. The van der Waals surface area contributed by atoms with Gasteiger partial charge in [0.15, 0.2) is 9.84 Å². The van der Waals surface area contributed by atoms with Crippen LogP contribution in [0.3, 0.4) is 0 Å². The van der Waals surface area contributed by atoms with Gasteiger partial charge in [0.25, 0.3) is 0 Å². The van der Waals surface area contributed by atoms with Crippen LogP contribution in [0, 0.1) is 17.2 Å². The first-order valence-electron chi connectivity index (χ1n) is 10.3. The van der Waals surface area contributed by atoms with E-state index in [0.29, 0.717) is 25.4 Å². The van der Waals surface area contributed by atoms with Crippen LogP contribution in [0.4, 0.5) is 4.79 Å². The van der Waals surface area contributed by atoms with Crippen molar-refractivity contribution in [2.45, 2.75) is 49.0 Å². The van der Waals surface area contributed by atoms with E-state index >= 15 is 0 Å². The number of carbonyl (C=O) groups is 2. The number of piperidine rings is 1. The Kier molecular flexibility index (Phi) is 6.98. The standard InChI is InChI=1S/C21H28N4O4S/c1-30(28,29)18-8-6-16(7-9-18)17-3-2-12-25(14-17)21(27)24-19(13-15-4-5-15)20(26)23-11-10-22/h6-9,15,17,19H,2-5,11-14H2,1H3,(H,23,26)(H,24,27). The van der Waals surface area contributed by atoms with Crippen LogP contribution in [0.5, 0.6) is 0 Å². The molecule has 3 rings (SSSR count). The first-order chi connectivity index (χ1) is 14.3. The van der Waals surface area contributed by atoms with Gasteiger partial charge >= 0.3 is 6.03 Å². The van der Waals surface area contributed by atoms with Gasteiger partial charge in [-0.15, -0.1) is 0 Å². The van der Waals surface area contributed by atoms with E-state index in [4.69, 9.17) is 5.26 Å². The van der Waals surface area contributed by atoms with Crippen molar-refractivity contribution in [3.8, 4) is 6.07 Å². The lowest BCUT2D eigenvalue weighted by Crippen LogP contribution is -2.53. The molecule has 1 aliphatic carbocycles. The molecule has 2 fully saturated rings. The average molecular weight is 433 g/mol. The lowest BCUT2D eigenvalue weighted by atomic mass is 9.91. The predicted molar refractivity (Wildman–Crippen MR) is 111 cm³/mol. The SMILES string of the molecule is CS(=O)(=O)c1ccc(C2CCCN(C(=O)NC(CC3CC3)C(=O)NCC#N)C2)cc1. The Hall–Kier alpha value is -2.60. The number of benzene rings is 1. The van der Waals surface area contributed by atoms with E-state index in [2.05, 4.69) is 10.6 Å². The highest BCUT2D eigenvalue weighted by Crippen LogP contribution is 2.34. The fourth-order valence-electron chi connectivity index (χ4n) is 3.83. The van der Waals surface area contributed by atoms with Gasteiger partial charge in [-0.25, -0.2) is 13.2 Å². The maximum Gasteiger partial charge on any atom is 0.318 e. The molecule has 30 heavy (non-hydrogen) atoms. The first kappa shape index (κ1) is 22.1. The Morgan fingerprint density at radius 1 is 1.23 bits per heavy atom. The summed E-state index contributed by atoms with van der Waals surface area (Å²) < 4.78 is 23.3. The fraction of sp³-hybridized carbons (Fsp3) is 0.571. The summed E-state index contributed by atoms with van der Waals surface area (Å²) in [5.41, 5.74) is 1.00. The largest absolute Gasteiger partial charge is 0.341 e. The Bertz CT molecular complexity index is 919. The number of sulfone groups is 1. The van der Waals surface area contributed by atoms with Crippen LogP contribution in [-0.2, 0) is 14.6 Å². The monoisotopic (exact) mass is 432 g/mol. The van der Waals surface area contributed by atoms with Gasteiger partial charge in [-0.05, 0) is 42.9 Å². The van der Waals surface area contributed by atoms with Gasteiger partial charge in [-0.2, -0.15) is 5.26 Å². The minimum absolute atomic E-state index is 0.0782. The number of nitriles is 1. The van der Waals surface area contributed by atoms with Gasteiger partial charge in [0.05, 0.1) is 11.0 Å². The first-order valence-corrected chi connectivity index (χ1v) is 12.2. The zero-order valence-corrected chi connectivity index (χ0v) is 18.0. The Balaban J connectivity index is 1.62. The number of nitrogens with one attached hydrogen (secondary N) is 2. The lowest BCUT2D eigenvalue weighted by Gasteiger charge is -2.34. The van der Waals surface area contributed by atoms with Crippen molar-refractivity contribution in [3.05, 3.63) is 29.8 Å².